The average molecular weight is 471 g/mol. The molecule has 0 aliphatic carbocycles. The maximum atomic E-state index is 12.8. The maximum absolute atomic E-state index is 12.8. The zero-order chi connectivity index (χ0) is 24.4. The maximum Gasteiger partial charge on any atom is 0.414 e. The number of ether oxygens (including phenoxy) is 2. The number of hydrogen-bond acceptors (Lipinski definition) is 6. The summed E-state index contributed by atoms with van der Waals surface area (Å²) in [4.78, 5) is 27.2. The van der Waals surface area contributed by atoms with Crippen molar-refractivity contribution < 1.29 is 19.1 Å². The predicted molar refractivity (Wildman–Crippen MR) is 135 cm³/mol. The number of anilines is 1. The lowest BCUT2D eigenvalue weighted by Gasteiger charge is -2.32. The van der Waals surface area contributed by atoms with E-state index in [0.29, 0.717) is 12.1 Å². The normalized spacial score (nSPS) is 13.3. The Bertz CT molecular complexity index is 982. The van der Waals surface area contributed by atoms with Gasteiger partial charge in [0.1, 0.15) is 5.60 Å². The van der Waals surface area contributed by atoms with Crippen molar-refractivity contribution in [1.82, 2.24) is 4.90 Å². The van der Waals surface area contributed by atoms with Crippen molar-refractivity contribution in [1.29, 1.82) is 0 Å². The highest BCUT2D eigenvalue weighted by molar-refractivity contribution is 8.00. The highest BCUT2D eigenvalue weighted by atomic mass is 32.2. The third kappa shape index (κ3) is 7.56. The molecule has 0 atom stereocenters. The molecule has 1 heterocycles. The lowest BCUT2D eigenvalue weighted by molar-refractivity contribution is 0.0346. The fraction of sp³-hybridized carbons (Fsp3) is 0.385. The molecule has 7 heteroatoms. The summed E-state index contributed by atoms with van der Waals surface area (Å²) in [5, 5.41) is 0. The van der Waals surface area contributed by atoms with E-state index in [4.69, 9.17) is 9.47 Å². The van der Waals surface area contributed by atoms with Gasteiger partial charge in [0.15, 0.2) is 0 Å². The number of hydrogen-bond donors (Lipinski definition) is 1. The van der Waals surface area contributed by atoms with Crippen LogP contribution in [0.1, 0.15) is 63.4 Å². The van der Waals surface area contributed by atoms with Crippen LogP contribution in [-0.2, 0) is 9.47 Å². The first-order valence-corrected chi connectivity index (χ1v) is 12.0. The molecular formula is C26H34N2O4S. The van der Waals surface area contributed by atoms with Crippen molar-refractivity contribution in [3.05, 3.63) is 65.7 Å². The van der Waals surface area contributed by atoms with Crippen molar-refractivity contribution in [3.63, 3.8) is 0 Å². The van der Waals surface area contributed by atoms with Gasteiger partial charge in [0.05, 0.1) is 24.1 Å². The van der Waals surface area contributed by atoms with Gasteiger partial charge < -0.3 is 14.2 Å². The molecule has 1 aliphatic rings. The summed E-state index contributed by atoms with van der Waals surface area (Å²) in [6.07, 6.45) is 3.54. The number of nitrogens with zero attached hydrogens (tertiary/aromatic N) is 1. The monoisotopic (exact) mass is 470 g/mol. The highest BCUT2D eigenvalue weighted by Crippen LogP contribution is 2.33. The molecule has 178 valence electrons. The van der Waals surface area contributed by atoms with Gasteiger partial charge in [0.2, 0.25) is 0 Å². The largest absolute Gasteiger partial charge is 0.465 e. The summed E-state index contributed by atoms with van der Waals surface area (Å²) in [6, 6.07) is 15.1. The van der Waals surface area contributed by atoms with E-state index in [2.05, 4.69) is 10.8 Å². The fourth-order valence-electron chi connectivity index (χ4n) is 3.19. The minimum absolute atomic E-state index is 0.341. The van der Waals surface area contributed by atoms with E-state index in [9.17, 15) is 9.59 Å². The van der Waals surface area contributed by atoms with Crippen LogP contribution in [0.4, 0.5) is 10.5 Å². The van der Waals surface area contributed by atoms with Gasteiger partial charge in [-0.15, -0.1) is 0 Å². The summed E-state index contributed by atoms with van der Waals surface area (Å²) in [6.45, 7) is 10.2. The number of carbonyl (C=O) groups is 2. The number of carbonyl (C=O) groups excluding carboxylic acids is 2. The van der Waals surface area contributed by atoms with E-state index >= 15 is 0 Å². The Morgan fingerprint density at radius 2 is 1.79 bits per heavy atom. The van der Waals surface area contributed by atoms with Crippen LogP contribution in [0.25, 0.3) is 5.70 Å². The molecule has 2 aromatic carbocycles. The number of benzene rings is 2. The molecule has 1 aliphatic heterocycles. The van der Waals surface area contributed by atoms with Crippen molar-refractivity contribution in [2.75, 3.05) is 18.4 Å². The van der Waals surface area contributed by atoms with Crippen LogP contribution in [0, 0.1) is 0 Å². The van der Waals surface area contributed by atoms with Crippen LogP contribution < -0.4 is 4.72 Å². The Kier molecular flexibility index (Phi) is 9.85. The molecule has 2 aromatic rings. The van der Waals surface area contributed by atoms with Gasteiger partial charge in [-0.2, -0.15) is 0 Å². The molecule has 0 unspecified atom stereocenters. The smallest absolute Gasteiger partial charge is 0.414 e. The van der Waals surface area contributed by atoms with Gasteiger partial charge in [-0.05, 0) is 69.8 Å². The molecule has 1 amide bonds. The molecule has 0 saturated carbocycles. The molecule has 0 radical (unpaired) electrons. The van der Waals surface area contributed by atoms with E-state index in [0.717, 1.165) is 34.7 Å². The van der Waals surface area contributed by atoms with Gasteiger partial charge >= 0.3 is 12.1 Å². The Labute approximate surface area is 201 Å². The second-order valence-electron chi connectivity index (χ2n) is 8.13. The molecule has 0 fully saturated rings. The average Bonchev–Trinajstić information content (AvgIpc) is 2.83. The van der Waals surface area contributed by atoms with Crippen LogP contribution in [0.15, 0.2) is 59.5 Å². The number of amides is 1. The minimum Gasteiger partial charge on any atom is -0.465 e. The van der Waals surface area contributed by atoms with E-state index < -0.39 is 5.60 Å². The van der Waals surface area contributed by atoms with Crippen LogP contribution in [0.5, 0.6) is 0 Å². The lowest BCUT2D eigenvalue weighted by Crippen LogP contribution is -2.37. The molecule has 3 rings (SSSR count). The molecule has 0 bridgehead atoms. The zero-order valence-electron chi connectivity index (χ0n) is 20.3. The predicted octanol–water partition coefficient (Wildman–Crippen LogP) is 6.99. The summed E-state index contributed by atoms with van der Waals surface area (Å²) in [5.41, 5.74) is 2.57. The van der Waals surface area contributed by atoms with Crippen molar-refractivity contribution in [2.24, 2.45) is 0 Å². The third-order valence-corrected chi connectivity index (χ3v) is 5.38. The van der Waals surface area contributed by atoms with Gasteiger partial charge in [-0.1, -0.05) is 44.2 Å². The number of allylic oxidation sites excluding steroid dienone is 1. The third-order valence-electron chi connectivity index (χ3n) is 4.57. The Balaban J connectivity index is 0.00000187. The number of esters is 1. The van der Waals surface area contributed by atoms with E-state index in [1.165, 1.54) is 19.1 Å². The van der Waals surface area contributed by atoms with Crippen LogP contribution in [0.3, 0.4) is 0 Å². The quantitative estimate of drug-likeness (QED) is 0.375. The first-order chi connectivity index (χ1) is 15.8. The standard InChI is InChI=1S/C24H28N2O4S.C2H6/c1-24(2,3)30-23(28)26-15-8-7-14-21(26)19-12-5-6-13-20(19)25-31-18-11-9-10-17(16-18)22(27)29-4;1-2/h5-6,9-14,16,25H,7-8,15H2,1-4H3;1-2H3. The minimum atomic E-state index is -0.558. The van der Waals surface area contributed by atoms with Crippen LogP contribution in [0.2, 0.25) is 0 Å². The Morgan fingerprint density at radius 3 is 2.48 bits per heavy atom. The first-order valence-electron chi connectivity index (χ1n) is 11.2. The summed E-state index contributed by atoms with van der Waals surface area (Å²) >= 11 is 1.39. The highest BCUT2D eigenvalue weighted by Gasteiger charge is 2.28. The number of para-hydroxylation sites is 1. The lowest BCUT2D eigenvalue weighted by atomic mass is 10.0. The second kappa shape index (κ2) is 12.3. The number of rotatable bonds is 5. The molecule has 0 aromatic heterocycles. The Hall–Kier alpha value is -2.93. The zero-order valence-corrected chi connectivity index (χ0v) is 21.1. The van der Waals surface area contributed by atoms with Crippen molar-refractivity contribution >= 4 is 35.4 Å². The Morgan fingerprint density at radius 1 is 1.06 bits per heavy atom. The summed E-state index contributed by atoms with van der Waals surface area (Å²) < 4.78 is 13.8. The SMILES string of the molecule is CC.COC(=O)c1cccc(SNc2ccccc2C2=CCCCN2C(=O)OC(C)(C)C)c1. The number of methoxy groups -OCH3 is 1. The summed E-state index contributed by atoms with van der Waals surface area (Å²) in [5.74, 6) is -0.372. The second-order valence-corrected chi connectivity index (χ2v) is 9.01. The van der Waals surface area contributed by atoms with Gasteiger partial charge in [0.25, 0.3) is 0 Å². The molecule has 0 saturated heterocycles. The van der Waals surface area contributed by atoms with Gasteiger partial charge in [0, 0.05) is 17.0 Å². The van der Waals surface area contributed by atoms with E-state index in [-0.39, 0.29) is 12.1 Å². The van der Waals surface area contributed by atoms with Gasteiger partial charge in [-0.25, -0.2) is 9.59 Å². The van der Waals surface area contributed by atoms with E-state index in [1.807, 2.05) is 71.0 Å². The van der Waals surface area contributed by atoms with Crippen molar-refractivity contribution in [3.8, 4) is 0 Å². The van der Waals surface area contributed by atoms with Crippen molar-refractivity contribution in [2.45, 2.75) is 58.0 Å². The summed E-state index contributed by atoms with van der Waals surface area (Å²) in [7, 11) is 1.37. The molecule has 6 nitrogen and oxygen atoms in total. The van der Waals surface area contributed by atoms with E-state index in [1.54, 1.807) is 17.0 Å². The van der Waals surface area contributed by atoms with Gasteiger partial charge in [-0.3, -0.25) is 4.90 Å². The van der Waals surface area contributed by atoms with Crippen LogP contribution in [-0.4, -0.2) is 36.2 Å². The molecule has 1 N–H and O–H groups in total. The fourth-order valence-corrected chi connectivity index (χ4v) is 3.93. The first kappa shape index (κ1) is 26.3. The topological polar surface area (TPSA) is 67.9 Å². The number of nitrogens with one attached hydrogen (secondary N) is 1. The van der Waals surface area contributed by atoms with Crippen LogP contribution >= 0.6 is 11.9 Å². The molecular weight excluding hydrogens is 436 g/mol. The molecule has 33 heavy (non-hydrogen) atoms. The molecule has 0 spiro atoms.